The molecule has 0 aliphatic heterocycles. The molecule has 4 aliphatic carbocycles. The lowest BCUT2D eigenvalue weighted by Crippen LogP contribution is -2.51. The highest BCUT2D eigenvalue weighted by molar-refractivity contribution is 5.70. The average Bonchev–Trinajstić information content (AvgIpc) is 2.89. The molecule has 0 aromatic carbocycles. The molecule has 1 unspecified atom stereocenters. The summed E-state index contributed by atoms with van der Waals surface area (Å²) in [7, 11) is 0. The molecule has 4 aliphatic rings. The van der Waals surface area contributed by atoms with Crippen LogP contribution in [0.4, 0.5) is 0 Å². The molecular formula is C21H32O2. The van der Waals surface area contributed by atoms with Crippen LogP contribution in [0.2, 0.25) is 0 Å². The third-order valence-corrected chi connectivity index (χ3v) is 8.56. The zero-order valence-electron chi connectivity index (χ0n) is 14.8. The van der Waals surface area contributed by atoms with Crippen LogP contribution in [-0.2, 0) is 4.79 Å². The molecule has 2 heteroatoms. The Bertz CT molecular complexity index is 536. The van der Waals surface area contributed by atoms with Crippen molar-refractivity contribution >= 4 is 5.97 Å². The highest BCUT2D eigenvalue weighted by Crippen LogP contribution is 2.66. The summed E-state index contributed by atoms with van der Waals surface area (Å²) in [6, 6.07) is 0. The first-order chi connectivity index (χ1) is 10.9. The summed E-state index contributed by atoms with van der Waals surface area (Å²) in [5.74, 6) is 2.89. The monoisotopic (exact) mass is 316 g/mol. The van der Waals surface area contributed by atoms with Gasteiger partial charge in [0.05, 0.1) is 6.42 Å². The Morgan fingerprint density at radius 3 is 2.78 bits per heavy atom. The molecule has 3 saturated carbocycles. The van der Waals surface area contributed by atoms with E-state index in [2.05, 4.69) is 19.9 Å². The Morgan fingerprint density at radius 1 is 1.17 bits per heavy atom. The van der Waals surface area contributed by atoms with Crippen molar-refractivity contribution in [3.8, 4) is 0 Å². The molecular weight excluding hydrogens is 284 g/mol. The summed E-state index contributed by atoms with van der Waals surface area (Å²) in [5, 5.41) is 9.10. The summed E-state index contributed by atoms with van der Waals surface area (Å²) in [5.41, 5.74) is 2.28. The van der Waals surface area contributed by atoms with Crippen molar-refractivity contribution in [2.24, 2.45) is 34.5 Å². The standard InChI is InChI=1S/C21H32O2/c1-20-9-3-4-17(20)16-6-5-15-12-14(13-19(22)23)7-11-21(15,2)18(16)8-10-20/h7,15-18H,3-6,8-13H2,1-2H3,(H,22,23)/t15?,16-,17-,18-,20-,21-/m0/s1. The van der Waals surface area contributed by atoms with E-state index in [1.807, 2.05) is 0 Å². The lowest BCUT2D eigenvalue weighted by molar-refractivity contribution is -0.136. The van der Waals surface area contributed by atoms with Gasteiger partial charge in [0.2, 0.25) is 0 Å². The fourth-order valence-electron chi connectivity index (χ4n) is 7.28. The van der Waals surface area contributed by atoms with Gasteiger partial charge in [-0.15, -0.1) is 0 Å². The minimum atomic E-state index is -0.659. The summed E-state index contributed by atoms with van der Waals surface area (Å²) in [6.07, 6.45) is 14.7. The molecule has 128 valence electrons. The molecule has 3 fully saturated rings. The highest BCUT2D eigenvalue weighted by Gasteiger charge is 2.57. The molecule has 0 spiro atoms. The zero-order chi connectivity index (χ0) is 16.2. The van der Waals surface area contributed by atoms with Gasteiger partial charge >= 0.3 is 5.97 Å². The van der Waals surface area contributed by atoms with Gasteiger partial charge in [-0.05, 0) is 85.9 Å². The number of carboxylic acids is 1. The molecule has 23 heavy (non-hydrogen) atoms. The number of rotatable bonds is 2. The SMILES string of the molecule is C[C@@]12CCC[C@H]1[C@@H]1CCC3CC(CC(=O)O)=CC[C@]3(C)[C@H]1CC2. The van der Waals surface area contributed by atoms with E-state index in [4.69, 9.17) is 5.11 Å². The van der Waals surface area contributed by atoms with Crippen LogP contribution in [0.3, 0.4) is 0 Å². The van der Waals surface area contributed by atoms with Crippen LogP contribution < -0.4 is 0 Å². The van der Waals surface area contributed by atoms with E-state index in [1.54, 1.807) is 0 Å². The number of carbonyl (C=O) groups is 1. The third-order valence-electron chi connectivity index (χ3n) is 8.56. The number of carboxylic acid groups (broad SMARTS) is 1. The molecule has 6 atom stereocenters. The van der Waals surface area contributed by atoms with Crippen LogP contribution in [-0.4, -0.2) is 11.1 Å². The first-order valence-electron chi connectivity index (χ1n) is 9.82. The summed E-state index contributed by atoms with van der Waals surface area (Å²) >= 11 is 0. The molecule has 0 heterocycles. The minimum absolute atomic E-state index is 0.265. The topological polar surface area (TPSA) is 37.3 Å². The van der Waals surface area contributed by atoms with Gasteiger partial charge in [-0.25, -0.2) is 0 Å². The van der Waals surface area contributed by atoms with E-state index in [1.165, 1.54) is 50.5 Å². The minimum Gasteiger partial charge on any atom is -0.481 e. The van der Waals surface area contributed by atoms with Crippen LogP contribution >= 0.6 is 0 Å². The lowest BCUT2D eigenvalue weighted by Gasteiger charge is -2.59. The van der Waals surface area contributed by atoms with Gasteiger partial charge in [0.15, 0.2) is 0 Å². The van der Waals surface area contributed by atoms with E-state index in [9.17, 15) is 4.79 Å². The van der Waals surface area contributed by atoms with Crippen molar-refractivity contribution in [2.75, 3.05) is 0 Å². The molecule has 0 saturated heterocycles. The average molecular weight is 316 g/mol. The van der Waals surface area contributed by atoms with E-state index in [0.29, 0.717) is 10.8 Å². The predicted molar refractivity (Wildman–Crippen MR) is 92.1 cm³/mol. The number of fused-ring (bicyclic) bond motifs is 5. The van der Waals surface area contributed by atoms with Gasteiger partial charge < -0.3 is 5.11 Å². The Balaban J connectivity index is 1.58. The second-order valence-electron chi connectivity index (χ2n) is 9.58. The van der Waals surface area contributed by atoms with Crippen LogP contribution in [0, 0.1) is 34.5 Å². The first-order valence-corrected chi connectivity index (χ1v) is 9.82. The van der Waals surface area contributed by atoms with Crippen molar-refractivity contribution in [1.29, 1.82) is 0 Å². The second kappa shape index (κ2) is 5.36. The van der Waals surface area contributed by atoms with Crippen molar-refractivity contribution in [1.82, 2.24) is 0 Å². The normalized spacial score (nSPS) is 48.9. The number of hydrogen-bond donors (Lipinski definition) is 1. The van der Waals surface area contributed by atoms with Crippen molar-refractivity contribution < 1.29 is 9.90 Å². The van der Waals surface area contributed by atoms with Gasteiger partial charge in [-0.1, -0.05) is 31.9 Å². The molecule has 1 N–H and O–H groups in total. The Kier molecular flexibility index (Phi) is 3.66. The van der Waals surface area contributed by atoms with E-state index >= 15 is 0 Å². The van der Waals surface area contributed by atoms with Gasteiger partial charge in [0.25, 0.3) is 0 Å². The Labute approximate surface area is 140 Å². The second-order valence-corrected chi connectivity index (χ2v) is 9.58. The first kappa shape index (κ1) is 15.7. The smallest absolute Gasteiger partial charge is 0.307 e. The Morgan fingerprint density at radius 2 is 2.00 bits per heavy atom. The lowest BCUT2D eigenvalue weighted by atomic mass is 9.45. The van der Waals surface area contributed by atoms with E-state index in [0.717, 1.165) is 36.5 Å². The molecule has 4 rings (SSSR count). The predicted octanol–water partition coefficient (Wildman–Crippen LogP) is 5.43. The van der Waals surface area contributed by atoms with Crippen LogP contribution in [0.25, 0.3) is 0 Å². The van der Waals surface area contributed by atoms with Crippen LogP contribution in [0.15, 0.2) is 11.6 Å². The summed E-state index contributed by atoms with van der Waals surface area (Å²) < 4.78 is 0. The molecule has 2 nitrogen and oxygen atoms in total. The molecule has 0 radical (unpaired) electrons. The quantitative estimate of drug-likeness (QED) is 0.690. The Hall–Kier alpha value is -0.790. The fraction of sp³-hybridized carbons (Fsp3) is 0.857. The number of allylic oxidation sites excluding steroid dienone is 1. The molecule has 0 aromatic heterocycles. The van der Waals surface area contributed by atoms with E-state index < -0.39 is 5.97 Å². The maximum absolute atomic E-state index is 11.1. The van der Waals surface area contributed by atoms with Crippen LogP contribution in [0.1, 0.15) is 78.1 Å². The summed E-state index contributed by atoms with van der Waals surface area (Å²) in [6.45, 7) is 5.11. The van der Waals surface area contributed by atoms with E-state index in [-0.39, 0.29) is 6.42 Å². The van der Waals surface area contributed by atoms with Crippen molar-refractivity contribution in [2.45, 2.75) is 78.1 Å². The molecule has 0 aromatic rings. The molecule has 0 bridgehead atoms. The van der Waals surface area contributed by atoms with Crippen molar-refractivity contribution in [3.05, 3.63) is 11.6 Å². The largest absolute Gasteiger partial charge is 0.481 e. The van der Waals surface area contributed by atoms with Crippen LogP contribution in [0.5, 0.6) is 0 Å². The van der Waals surface area contributed by atoms with Gasteiger partial charge in [0.1, 0.15) is 0 Å². The van der Waals surface area contributed by atoms with Gasteiger partial charge in [-0.3, -0.25) is 4.79 Å². The number of aliphatic carboxylic acids is 1. The van der Waals surface area contributed by atoms with Gasteiger partial charge in [0, 0.05) is 0 Å². The summed E-state index contributed by atoms with van der Waals surface area (Å²) in [4.78, 5) is 11.1. The third kappa shape index (κ3) is 2.39. The molecule has 0 amide bonds. The van der Waals surface area contributed by atoms with Gasteiger partial charge in [-0.2, -0.15) is 0 Å². The highest BCUT2D eigenvalue weighted by atomic mass is 16.4. The maximum Gasteiger partial charge on any atom is 0.307 e. The fourth-order valence-corrected chi connectivity index (χ4v) is 7.28. The zero-order valence-corrected chi connectivity index (χ0v) is 14.8. The van der Waals surface area contributed by atoms with Crippen molar-refractivity contribution in [3.63, 3.8) is 0 Å². The maximum atomic E-state index is 11.1. The number of hydrogen-bond acceptors (Lipinski definition) is 1.